The fraction of sp³-hybridized carbons (Fsp3) is 1.00. The maximum Gasteiger partial charge on any atom is 0.00673 e. The Labute approximate surface area is 100 Å². The summed E-state index contributed by atoms with van der Waals surface area (Å²) >= 11 is 0. The lowest BCUT2D eigenvalue weighted by Crippen LogP contribution is -2.42. The molecule has 0 saturated heterocycles. The third-order valence-electron chi connectivity index (χ3n) is 4.72. The second-order valence-electron chi connectivity index (χ2n) is 5.98. The molecule has 2 heteroatoms. The van der Waals surface area contributed by atoms with Gasteiger partial charge < -0.3 is 11.1 Å². The molecule has 2 aliphatic rings. The molecule has 0 unspecified atom stereocenters. The van der Waals surface area contributed by atoms with Gasteiger partial charge in [0.1, 0.15) is 0 Å². The molecule has 2 saturated carbocycles. The van der Waals surface area contributed by atoms with Gasteiger partial charge in [-0.25, -0.2) is 0 Å². The largest absolute Gasteiger partial charge is 0.330 e. The van der Waals surface area contributed by atoms with Crippen molar-refractivity contribution < 1.29 is 0 Å². The van der Waals surface area contributed by atoms with Crippen molar-refractivity contribution in [1.29, 1.82) is 0 Å². The second kappa shape index (κ2) is 6.02. The minimum atomic E-state index is 0.451. The van der Waals surface area contributed by atoms with E-state index in [1.54, 1.807) is 0 Å². The first-order valence-corrected chi connectivity index (χ1v) is 7.28. The van der Waals surface area contributed by atoms with Crippen LogP contribution in [0, 0.1) is 5.41 Å². The summed E-state index contributed by atoms with van der Waals surface area (Å²) in [5, 5.41) is 3.82. The fourth-order valence-corrected chi connectivity index (χ4v) is 3.42. The van der Waals surface area contributed by atoms with Crippen LogP contribution in [0.15, 0.2) is 0 Å². The maximum atomic E-state index is 5.98. The quantitative estimate of drug-likeness (QED) is 0.721. The van der Waals surface area contributed by atoms with Crippen molar-refractivity contribution in [1.82, 2.24) is 5.32 Å². The van der Waals surface area contributed by atoms with Crippen molar-refractivity contribution in [2.75, 3.05) is 13.1 Å². The van der Waals surface area contributed by atoms with Gasteiger partial charge in [0.2, 0.25) is 0 Å². The zero-order valence-corrected chi connectivity index (χ0v) is 10.6. The van der Waals surface area contributed by atoms with Crippen molar-refractivity contribution in [3.05, 3.63) is 0 Å². The number of nitrogens with one attached hydrogen (secondary N) is 1. The van der Waals surface area contributed by atoms with Gasteiger partial charge >= 0.3 is 0 Å². The van der Waals surface area contributed by atoms with Crippen molar-refractivity contribution in [2.24, 2.45) is 11.1 Å². The summed E-state index contributed by atoms with van der Waals surface area (Å²) in [6, 6.07) is 0.784. The summed E-state index contributed by atoms with van der Waals surface area (Å²) in [7, 11) is 0. The summed E-state index contributed by atoms with van der Waals surface area (Å²) in [4.78, 5) is 0. The van der Waals surface area contributed by atoms with Crippen molar-refractivity contribution in [2.45, 2.75) is 70.3 Å². The predicted octanol–water partition coefficient (Wildman–Crippen LogP) is 2.82. The molecular weight excluding hydrogens is 196 g/mol. The number of rotatable bonds is 4. The van der Waals surface area contributed by atoms with E-state index in [0.717, 1.165) is 12.6 Å². The molecule has 0 spiro atoms. The van der Waals surface area contributed by atoms with Crippen LogP contribution in [-0.4, -0.2) is 19.1 Å². The molecule has 0 amide bonds. The zero-order valence-electron chi connectivity index (χ0n) is 10.6. The molecule has 0 radical (unpaired) electrons. The van der Waals surface area contributed by atoms with E-state index < -0.39 is 0 Å². The van der Waals surface area contributed by atoms with Crippen LogP contribution >= 0.6 is 0 Å². The van der Waals surface area contributed by atoms with E-state index >= 15 is 0 Å². The van der Waals surface area contributed by atoms with Crippen molar-refractivity contribution in [3.63, 3.8) is 0 Å². The average molecular weight is 224 g/mol. The lowest BCUT2D eigenvalue weighted by atomic mass is 9.86. The van der Waals surface area contributed by atoms with Crippen LogP contribution in [0.2, 0.25) is 0 Å². The Morgan fingerprint density at radius 2 is 1.56 bits per heavy atom. The highest BCUT2D eigenvalue weighted by Gasteiger charge is 2.32. The third-order valence-corrected chi connectivity index (χ3v) is 4.72. The van der Waals surface area contributed by atoms with E-state index in [1.165, 1.54) is 70.8 Å². The number of hydrogen-bond donors (Lipinski definition) is 2. The van der Waals surface area contributed by atoms with Gasteiger partial charge in [-0.3, -0.25) is 0 Å². The molecule has 0 bridgehead atoms. The SMILES string of the molecule is NCC1(CNC2CCCCCC2)CCCC1. The highest BCUT2D eigenvalue weighted by atomic mass is 14.9. The van der Waals surface area contributed by atoms with E-state index in [2.05, 4.69) is 5.32 Å². The van der Waals surface area contributed by atoms with E-state index in [0.29, 0.717) is 5.41 Å². The zero-order chi connectivity index (χ0) is 11.3. The Balaban J connectivity index is 1.76. The van der Waals surface area contributed by atoms with E-state index in [9.17, 15) is 0 Å². The van der Waals surface area contributed by atoms with Crippen LogP contribution in [0.4, 0.5) is 0 Å². The Morgan fingerprint density at radius 1 is 0.938 bits per heavy atom. The van der Waals surface area contributed by atoms with Crippen LogP contribution in [0.1, 0.15) is 64.2 Å². The van der Waals surface area contributed by atoms with Gasteiger partial charge in [0.25, 0.3) is 0 Å². The van der Waals surface area contributed by atoms with Gasteiger partial charge in [0.05, 0.1) is 0 Å². The summed E-state index contributed by atoms with van der Waals surface area (Å²) in [5.41, 5.74) is 6.43. The van der Waals surface area contributed by atoms with Crippen LogP contribution in [0.25, 0.3) is 0 Å². The van der Waals surface area contributed by atoms with Gasteiger partial charge in [0.15, 0.2) is 0 Å². The smallest absolute Gasteiger partial charge is 0.00673 e. The van der Waals surface area contributed by atoms with Crippen LogP contribution < -0.4 is 11.1 Å². The maximum absolute atomic E-state index is 5.98. The Morgan fingerprint density at radius 3 is 2.12 bits per heavy atom. The molecule has 0 aromatic rings. The number of nitrogens with two attached hydrogens (primary N) is 1. The van der Waals surface area contributed by atoms with E-state index in [1.807, 2.05) is 0 Å². The molecule has 2 aliphatic carbocycles. The molecule has 2 fully saturated rings. The van der Waals surface area contributed by atoms with Gasteiger partial charge in [-0.2, -0.15) is 0 Å². The topological polar surface area (TPSA) is 38.0 Å². The predicted molar refractivity (Wildman–Crippen MR) is 69.4 cm³/mol. The molecule has 0 heterocycles. The van der Waals surface area contributed by atoms with Crippen LogP contribution in [-0.2, 0) is 0 Å². The first-order valence-electron chi connectivity index (χ1n) is 7.28. The molecule has 2 rings (SSSR count). The monoisotopic (exact) mass is 224 g/mol. The molecule has 0 aromatic heterocycles. The molecular formula is C14H28N2. The van der Waals surface area contributed by atoms with Crippen molar-refractivity contribution in [3.8, 4) is 0 Å². The number of hydrogen-bond acceptors (Lipinski definition) is 2. The molecule has 2 nitrogen and oxygen atoms in total. The molecule has 3 N–H and O–H groups in total. The van der Waals surface area contributed by atoms with E-state index in [-0.39, 0.29) is 0 Å². The van der Waals surface area contributed by atoms with Gasteiger partial charge in [-0.1, -0.05) is 38.5 Å². The average Bonchev–Trinajstić information content (AvgIpc) is 2.63. The first kappa shape index (κ1) is 12.4. The molecule has 94 valence electrons. The highest BCUT2D eigenvalue weighted by Crippen LogP contribution is 2.36. The molecule has 16 heavy (non-hydrogen) atoms. The summed E-state index contributed by atoms with van der Waals surface area (Å²) in [5.74, 6) is 0. The van der Waals surface area contributed by atoms with Gasteiger partial charge in [0, 0.05) is 12.6 Å². The summed E-state index contributed by atoms with van der Waals surface area (Å²) in [6.45, 7) is 2.06. The third kappa shape index (κ3) is 3.21. The molecule has 0 aliphatic heterocycles. The van der Waals surface area contributed by atoms with Crippen molar-refractivity contribution >= 4 is 0 Å². The fourth-order valence-electron chi connectivity index (χ4n) is 3.42. The Kier molecular flexibility index (Phi) is 4.66. The van der Waals surface area contributed by atoms with E-state index in [4.69, 9.17) is 5.73 Å². The minimum Gasteiger partial charge on any atom is -0.330 e. The van der Waals surface area contributed by atoms with Gasteiger partial charge in [-0.05, 0) is 37.6 Å². The second-order valence-corrected chi connectivity index (χ2v) is 5.98. The molecule has 0 aromatic carbocycles. The Hall–Kier alpha value is -0.0800. The Bertz CT molecular complexity index is 189. The van der Waals surface area contributed by atoms with Crippen LogP contribution in [0.3, 0.4) is 0 Å². The molecule has 0 atom stereocenters. The van der Waals surface area contributed by atoms with Crippen LogP contribution in [0.5, 0.6) is 0 Å². The highest BCUT2D eigenvalue weighted by molar-refractivity contribution is 4.88. The van der Waals surface area contributed by atoms with Gasteiger partial charge in [-0.15, -0.1) is 0 Å². The standard InChI is InChI=1S/C14H28N2/c15-11-14(9-5-6-10-14)12-16-13-7-3-1-2-4-8-13/h13,16H,1-12,15H2. The minimum absolute atomic E-state index is 0.451. The summed E-state index contributed by atoms with van der Waals surface area (Å²) in [6.07, 6.45) is 14.0. The normalized spacial score (nSPS) is 26.8. The lowest BCUT2D eigenvalue weighted by Gasteiger charge is -2.30. The lowest BCUT2D eigenvalue weighted by molar-refractivity contribution is 0.269. The summed E-state index contributed by atoms with van der Waals surface area (Å²) < 4.78 is 0. The first-order chi connectivity index (χ1) is 7.85.